The van der Waals surface area contributed by atoms with Crippen LogP contribution in [-0.2, 0) is 0 Å². The highest BCUT2D eigenvalue weighted by Gasteiger charge is 2.16. The molecule has 0 aliphatic rings. The molecule has 0 N–H and O–H groups in total. The van der Waals surface area contributed by atoms with Crippen LogP contribution in [0.4, 0.5) is 4.39 Å². The molecule has 3 aromatic rings. The standard InChI is InChI=1S/C18H14FOP/c19-15-8-7-9-16(14-15)20-21(17-10-3-1-4-11-17)18-12-5-2-6-13-18/h1-14H. The Morgan fingerprint density at radius 2 is 1.24 bits per heavy atom. The Kier molecular flexibility index (Phi) is 4.28. The summed E-state index contributed by atoms with van der Waals surface area (Å²) in [5.74, 6) is 0.261. The first kappa shape index (κ1) is 13.8. The van der Waals surface area contributed by atoms with Crippen LogP contribution in [-0.4, -0.2) is 0 Å². The number of rotatable bonds is 4. The fraction of sp³-hybridized carbons (Fsp3) is 0. The molecule has 1 nitrogen and oxygen atoms in total. The minimum atomic E-state index is -1.01. The molecule has 0 fully saturated rings. The van der Waals surface area contributed by atoms with E-state index in [1.165, 1.54) is 12.1 Å². The van der Waals surface area contributed by atoms with Gasteiger partial charge in [-0.15, -0.1) is 0 Å². The van der Waals surface area contributed by atoms with E-state index in [9.17, 15) is 4.39 Å². The van der Waals surface area contributed by atoms with Gasteiger partial charge in [0.25, 0.3) is 0 Å². The minimum absolute atomic E-state index is 0.288. The van der Waals surface area contributed by atoms with Gasteiger partial charge in [-0.3, -0.25) is 0 Å². The van der Waals surface area contributed by atoms with Gasteiger partial charge in [0.05, 0.1) is 0 Å². The molecule has 0 aliphatic carbocycles. The first-order valence-corrected chi connectivity index (χ1v) is 7.93. The molecule has 0 bridgehead atoms. The van der Waals surface area contributed by atoms with Crippen LogP contribution < -0.4 is 15.1 Å². The molecule has 0 unspecified atom stereocenters. The average molecular weight is 296 g/mol. The van der Waals surface area contributed by atoms with E-state index < -0.39 is 8.15 Å². The first-order chi connectivity index (χ1) is 10.3. The van der Waals surface area contributed by atoms with Crippen molar-refractivity contribution in [1.82, 2.24) is 0 Å². The Bertz CT molecular complexity index is 661. The average Bonchev–Trinajstić information content (AvgIpc) is 2.54. The Labute approximate surface area is 124 Å². The van der Waals surface area contributed by atoms with Gasteiger partial charge in [0, 0.05) is 16.7 Å². The molecule has 3 heteroatoms. The zero-order valence-electron chi connectivity index (χ0n) is 11.3. The molecular formula is C18H14FOP. The van der Waals surface area contributed by atoms with Crippen LogP contribution in [0.2, 0.25) is 0 Å². The third kappa shape index (κ3) is 3.48. The van der Waals surface area contributed by atoms with Crippen LogP contribution in [0.3, 0.4) is 0 Å². The second-order valence-corrected chi connectivity index (χ2v) is 6.32. The van der Waals surface area contributed by atoms with Crippen molar-refractivity contribution < 1.29 is 8.91 Å². The summed E-state index contributed by atoms with van der Waals surface area (Å²) in [5, 5.41) is 2.20. The molecule has 0 aromatic heterocycles. The van der Waals surface area contributed by atoms with Gasteiger partial charge in [-0.05, 0) is 12.1 Å². The molecule has 3 rings (SSSR count). The van der Waals surface area contributed by atoms with Crippen molar-refractivity contribution in [2.45, 2.75) is 0 Å². The van der Waals surface area contributed by atoms with E-state index in [4.69, 9.17) is 4.52 Å². The number of hydrogen-bond donors (Lipinski definition) is 0. The van der Waals surface area contributed by atoms with E-state index in [1.807, 2.05) is 60.7 Å². The summed E-state index contributed by atoms with van der Waals surface area (Å²) in [5.41, 5.74) is 0. The maximum Gasteiger partial charge on any atom is 0.150 e. The minimum Gasteiger partial charge on any atom is -0.464 e. The molecule has 0 atom stereocenters. The molecule has 3 aromatic carbocycles. The van der Waals surface area contributed by atoms with E-state index in [1.54, 1.807) is 12.1 Å². The Hall–Kier alpha value is -2.18. The molecule has 21 heavy (non-hydrogen) atoms. The highest BCUT2D eigenvalue weighted by molar-refractivity contribution is 7.68. The molecule has 0 heterocycles. The topological polar surface area (TPSA) is 9.23 Å². The van der Waals surface area contributed by atoms with Crippen LogP contribution in [0.15, 0.2) is 84.9 Å². The summed E-state index contributed by atoms with van der Waals surface area (Å²) in [4.78, 5) is 0. The van der Waals surface area contributed by atoms with Gasteiger partial charge in [-0.1, -0.05) is 66.7 Å². The lowest BCUT2D eigenvalue weighted by Crippen LogP contribution is -2.15. The lowest BCUT2D eigenvalue weighted by Gasteiger charge is -2.19. The Morgan fingerprint density at radius 1 is 0.667 bits per heavy atom. The third-order valence-electron chi connectivity index (χ3n) is 2.97. The number of hydrogen-bond acceptors (Lipinski definition) is 1. The summed E-state index contributed by atoms with van der Waals surface area (Å²) < 4.78 is 19.4. The predicted octanol–water partition coefficient (Wildman–Crippen LogP) is 4.25. The van der Waals surface area contributed by atoms with Gasteiger partial charge in [-0.2, -0.15) is 0 Å². The van der Waals surface area contributed by atoms with Crippen molar-refractivity contribution in [1.29, 1.82) is 0 Å². The maximum atomic E-state index is 13.3. The fourth-order valence-corrected chi connectivity index (χ4v) is 3.73. The van der Waals surface area contributed by atoms with E-state index in [2.05, 4.69) is 0 Å². The second kappa shape index (κ2) is 6.51. The third-order valence-corrected chi connectivity index (χ3v) is 4.90. The number of halogens is 1. The van der Waals surface area contributed by atoms with Crippen molar-refractivity contribution in [3.05, 3.63) is 90.7 Å². The lowest BCUT2D eigenvalue weighted by atomic mass is 10.3. The SMILES string of the molecule is Fc1cccc(OP(c2ccccc2)c2ccccc2)c1. The van der Waals surface area contributed by atoms with Gasteiger partial charge in [0.1, 0.15) is 11.6 Å². The van der Waals surface area contributed by atoms with E-state index in [0.29, 0.717) is 5.75 Å². The summed E-state index contributed by atoms with van der Waals surface area (Å²) in [6.07, 6.45) is 0. The highest BCUT2D eigenvalue weighted by atomic mass is 31.1. The van der Waals surface area contributed by atoms with Crippen LogP contribution in [0.1, 0.15) is 0 Å². The first-order valence-electron chi connectivity index (χ1n) is 6.67. The van der Waals surface area contributed by atoms with E-state index in [0.717, 1.165) is 10.6 Å². The molecule has 0 saturated carbocycles. The van der Waals surface area contributed by atoms with Crippen molar-refractivity contribution in [3.8, 4) is 5.75 Å². The second-order valence-electron chi connectivity index (χ2n) is 4.51. The smallest absolute Gasteiger partial charge is 0.150 e. The van der Waals surface area contributed by atoms with Crippen molar-refractivity contribution in [2.24, 2.45) is 0 Å². The van der Waals surface area contributed by atoms with Gasteiger partial charge in [0.15, 0.2) is 8.15 Å². The summed E-state index contributed by atoms with van der Waals surface area (Å²) in [7, 11) is -1.01. The van der Waals surface area contributed by atoms with E-state index in [-0.39, 0.29) is 5.82 Å². The van der Waals surface area contributed by atoms with Crippen LogP contribution in [0.5, 0.6) is 5.75 Å². The fourth-order valence-electron chi connectivity index (χ4n) is 2.01. The molecule has 0 amide bonds. The summed E-state index contributed by atoms with van der Waals surface area (Å²) >= 11 is 0. The normalized spacial score (nSPS) is 10.6. The largest absolute Gasteiger partial charge is 0.464 e. The molecule has 0 radical (unpaired) electrons. The number of benzene rings is 3. The molecule has 0 saturated heterocycles. The molecular weight excluding hydrogens is 282 g/mol. The van der Waals surface area contributed by atoms with Crippen LogP contribution in [0, 0.1) is 5.82 Å². The van der Waals surface area contributed by atoms with Gasteiger partial charge < -0.3 is 4.52 Å². The van der Waals surface area contributed by atoms with Gasteiger partial charge in [0.2, 0.25) is 0 Å². The molecule has 0 aliphatic heterocycles. The monoisotopic (exact) mass is 296 g/mol. The molecule has 0 spiro atoms. The predicted molar refractivity (Wildman–Crippen MR) is 86.1 cm³/mol. The maximum absolute atomic E-state index is 13.3. The van der Waals surface area contributed by atoms with Crippen LogP contribution in [0.25, 0.3) is 0 Å². The van der Waals surface area contributed by atoms with Crippen molar-refractivity contribution >= 4 is 18.8 Å². The lowest BCUT2D eigenvalue weighted by molar-refractivity contribution is 0.593. The Balaban J connectivity index is 1.97. The zero-order valence-corrected chi connectivity index (χ0v) is 12.2. The van der Waals surface area contributed by atoms with E-state index >= 15 is 0 Å². The van der Waals surface area contributed by atoms with Crippen LogP contribution >= 0.6 is 8.15 Å². The summed E-state index contributed by atoms with van der Waals surface area (Å²) in [6, 6.07) is 26.3. The zero-order chi connectivity index (χ0) is 14.5. The summed E-state index contributed by atoms with van der Waals surface area (Å²) in [6.45, 7) is 0. The Morgan fingerprint density at radius 3 is 1.76 bits per heavy atom. The van der Waals surface area contributed by atoms with Crippen molar-refractivity contribution in [3.63, 3.8) is 0 Å². The highest BCUT2D eigenvalue weighted by Crippen LogP contribution is 2.36. The van der Waals surface area contributed by atoms with Gasteiger partial charge in [-0.25, -0.2) is 4.39 Å². The van der Waals surface area contributed by atoms with Crippen molar-refractivity contribution in [2.75, 3.05) is 0 Å². The molecule has 104 valence electrons. The van der Waals surface area contributed by atoms with Gasteiger partial charge >= 0.3 is 0 Å². The quantitative estimate of drug-likeness (QED) is 0.654.